The Morgan fingerprint density at radius 2 is 1.93 bits per heavy atom. The van der Waals surface area contributed by atoms with E-state index >= 15 is 0 Å². The fourth-order valence-corrected chi connectivity index (χ4v) is 2.35. The van der Waals surface area contributed by atoms with Gasteiger partial charge in [0.2, 0.25) is 0 Å². The lowest BCUT2D eigenvalue weighted by atomic mass is 10.4. The highest BCUT2D eigenvalue weighted by Crippen LogP contribution is 1.93. The van der Waals surface area contributed by atoms with Gasteiger partial charge in [-0.25, -0.2) is 0 Å². The van der Waals surface area contributed by atoms with E-state index in [-0.39, 0.29) is 0 Å². The van der Waals surface area contributed by atoms with Crippen LogP contribution in [0.3, 0.4) is 0 Å². The Morgan fingerprint density at radius 1 is 1.21 bits per heavy atom. The molecule has 0 aromatic carbocycles. The van der Waals surface area contributed by atoms with Gasteiger partial charge in [-0.05, 0) is 19.4 Å². The van der Waals surface area contributed by atoms with Gasteiger partial charge in [-0.3, -0.25) is 4.21 Å². The molecule has 86 valence electrons. The normalized spacial score (nSPS) is 13.0. The van der Waals surface area contributed by atoms with Crippen LogP contribution in [0.5, 0.6) is 0 Å². The van der Waals surface area contributed by atoms with Crippen LogP contribution in [0.1, 0.15) is 26.2 Å². The maximum atomic E-state index is 11.3. The summed E-state index contributed by atoms with van der Waals surface area (Å²) in [6, 6.07) is 0. The maximum absolute atomic E-state index is 11.3. The fraction of sp³-hybridized carbons (Fsp3) is 1.00. The highest BCUT2D eigenvalue weighted by Gasteiger charge is 1.97. The first kappa shape index (κ1) is 14.1. The highest BCUT2D eigenvalue weighted by atomic mass is 32.2. The van der Waals surface area contributed by atoms with Gasteiger partial charge in [0.05, 0.1) is 6.61 Å². The van der Waals surface area contributed by atoms with E-state index in [1.807, 2.05) is 0 Å². The molecule has 0 bridgehead atoms. The molecule has 1 unspecified atom stereocenters. The minimum Gasteiger partial charge on any atom is -0.383 e. The van der Waals surface area contributed by atoms with Crippen molar-refractivity contribution in [3.8, 4) is 0 Å². The van der Waals surface area contributed by atoms with Crippen molar-refractivity contribution in [2.45, 2.75) is 26.2 Å². The van der Waals surface area contributed by atoms with Crippen LogP contribution >= 0.6 is 0 Å². The lowest BCUT2D eigenvalue weighted by Gasteiger charge is -2.03. The number of nitrogens with one attached hydrogen (secondary N) is 1. The summed E-state index contributed by atoms with van der Waals surface area (Å²) < 4.78 is 16.2. The molecule has 0 rings (SSSR count). The Bertz CT molecular complexity index is 142. The first-order chi connectivity index (χ1) is 6.81. The lowest BCUT2D eigenvalue weighted by molar-refractivity contribution is 0.199. The summed E-state index contributed by atoms with van der Waals surface area (Å²) in [5, 5.41) is 3.24. The molecule has 3 nitrogen and oxygen atoms in total. The van der Waals surface area contributed by atoms with Crippen molar-refractivity contribution in [1.82, 2.24) is 5.32 Å². The molecule has 0 aliphatic carbocycles. The van der Waals surface area contributed by atoms with Gasteiger partial charge < -0.3 is 10.1 Å². The van der Waals surface area contributed by atoms with E-state index in [0.29, 0.717) is 0 Å². The van der Waals surface area contributed by atoms with E-state index < -0.39 is 10.8 Å². The van der Waals surface area contributed by atoms with Crippen LogP contribution in [0, 0.1) is 0 Å². The third kappa shape index (κ3) is 10.2. The van der Waals surface area contributed by atoms with Gasteiger partial charge in [0.25, 0.3) is 0 Å². The number of rotatable bonds is 10. The van der Waals surface area contributed by atoms with Gasteiger partial charge >= 0.3 is 0 Å². The Hall–Kier alpha value is 0.0700. The Kier molecular flexibility index (Phi) is 11.2. The second-order valence-corrected chi connectivity index (χ2v) is 4.99. The summed E-state index contributed by atoms with van der Waals surface area (Å²) in [7, 11) is 1.10. The zero-order chi connectivity index (χ0) is 10.6. The molecule has 0 saturated carbocycles. The van der Waals surface area contributed by atoms with Crippen LogP contribution in [0.15, 0.2) is 0 Å². The predicted octanol–water partition coefficient (Wildman–Crippen LogP) is 1.16. The topological polar surface area (TPSA) is 38.3 Å². The van der Waals surface area contributed by atoms with Crippen molar-refractivity contribution in [1.29, 1.82) is 0 Å². The smallest absolute Gasteiger partial charge is 0.0587 e. The van der Waals surface area contributed by atoms with Crippen LogP contribution < -0.4 is 5.32 Å². The van der Waals surface area contributed by atoms with Gasteiger partial charge in [-0.15, -0.1) is 0 Å². The first-order valence-electron chi connectivity index (χ1n) is 5.36. The molecule has 0 aliphatic rings. The first-order valence-corrected chi connectivity index (χ1v) is 6.84. The monoisotopic (exact) mass is 221 g/mol. The molecule has 0 radical (unpaired) electrons. The second-order valence-electron chi connectivity index (χ2n) is 3.30. The zero-order valence-electron chi connectivity index (χ0n) is 9.38. The molecule has 0 aromatic rings. The third-order valence-electron chi connectivity index (χ3n) is 1.93. The molecular weight excluding hydrogens is 198 g/mol. The largest absolute Gasteiger partial charge is 0.383 e. The Labute approximate surface area is 90.1 Å². The van der Waals surface area contributed by atoms with E-state index in [2.05, 4.69) is 12.2 Å². The molecule has 0 aliphatic heterocycles. The van der Waals surface area contributed by atoms with Crippen molar-refractivity contribution in [3.05, 3.63) is 0 Å². The van der Waals surface area contributed by atoms with Gasteiger partial charge in [0.1, 0.15) is 0 Å². The van der Waals surface area contributed by atoms with E-state index in [0.717, 1.165) is 50.5 Å². The van der Waals surface area contributed by atoms with E-state index in [1.165, 1.54) is 0 Å². The molecule has 0 saturated heterocycles. The SMILES string of the molecule is CCCCS(=O)CCCNCCOC. The quantitative estimate of drug-likeness (QED) is 0.563. The minimum atomic E-state index is -0.598. The predicted molar refractivity (Wildman–Crippen MR) is 62.1 cm³/mol. The summed E-state index contributed by atoms with van der Waals surface area (Å²) in [6.45, 7) is 4.71. The summed E-state index contributed by atoms with van der Waals surface area (Å²) in [5.74, 6) is 1.70. The summed E-state index contributed by atoms with van der Waals surface area (Å²) in [5.41, 5.74) is 0. The van der Waals surface area contributed by atoms with Crippen LogP contribution in [0.2, 0.25) is 0 Å². The number of unbranched alkanes of at least 4 members (excludes halogenated alkanes) is 1. The Balaban J connectivity index is 3.07. The zero-order valence-corrected chi connectivity index (χ0v) is 10.2. The van der Waals surface area contributed by atoms with Crippen LogP contribution in [0.25, 0.3) is 0 Å². The molecule has 4 heteroatoms. The second kappa shape index (κ2) is 11.1. The number of hydrogen-bond donors (Lipinski definition) is 1. The molecule has 1 N–H and O–H groups in total. The van der Waals surface area contributed by atoms with Gasteiger partial charge in [0.15, 0.2) is 0 Å². The molecule has 0 heterocycles. The summed E-state index contributed by atoms with van der Waals surface area (Å²) in [6.07, 6.45) is 3.22. The van der Waals surface area contributed by atoms with Gasteiger partial charge in [-0.2, -0.15) is 0 Å². The number of hydrogen-bond acceptors (Lipinski definition) is 3. The average molecular weight is 221 g/mol. The van der Waals surface area contributed by atoms with Crippen molar-refractivity contribution >= 4 is 10.8 Å². The molecule has 14 heavy (non-hydrogen) atoms. The maximum Gasteiger partial charge on any atom is 0.0587 e. The third-order valence-corrected chi connectivity index (χ3v) is 3.42. The van der Waals surface area contributed by atoms with Gasteiger partial charge in [0, 0.05) is 36.0 Å². The lowest BCUT2D eigenvalue weighted by Crippen LogP contribution is -2.21. The average Bonchev–Trinajstić information content (AvgIpc) is 2.20. The summed E-state index contributed by atoms with van der Waals surface area (Å²) >= 11 is 0. The van der Waals surface area contributed by atoms with E-state index in [4.69, 9.17) is 4.74 Å². The molecule has 0 fully saturated rings. The fourth-order valence-electron chi connectivity index (χ4n) is 1.06. The van der Waals surface area contributed by atoms with Crippen molar-refractivity contribution in [3.63, 3.8) is 0 Å². The van der Waals surface area contributed by atoms with Gasteiger partial charge in [-0.1, -0.05) is 13.3 Å². The standard InChI is InChI=1S/C10H23NO2S/c1-3-4-9-14(12)10-5-6-11-7-8-13-2/h11H,3-10H2,1-2H3. The van der Waals surface area contributed by atoms with Crippen LogP contribution in [0.4, 0.5) is 0 Å². The number of methoxy groups -OCH3 is 1. The van der Waals surface area contributed by atoms with E-state index in [9.17, 15) is 4.21 Å². The summed E-state index contributed by atoms with van der Waals surface area (Å²) in [4.78, 5) is 0. The van der Waals surface area contributed by atoms with Crippen LogP contribution in [-0.2, 0) is 15.5 Å². The van der Waals surface area contributed by atoms with Crippen molar-refractivity contribution in [2.24, 2.45) is 0 Å². The molecule has 0 amide bonds. The minimum absolute atomic E-state index is 0.598. The molecule has 0 spiro atoms. The highest BCUT2D eigenvalue weighted by molar-refractivity contribution is 7.84. The van der Waals surface area contributed by atoms with Crippen LogP contribution in [-0.4, -0.2) is 42.5 Å². The number of ether oxygens (including phenoxy) is 1. The Morgan fingerprint density at radius 3 is 2.57 bits per heavy atom. The molecular formula is C10H23NO2S. The van der Waals surface area contributed by atoms with Crippen molar-refractivity contribution in [2.75, 3.05) is 38.3 Å². The van der Waals surface area contributed by atoms with Crippen molar-refractivity contribution < 1.29 is 8.95 Å². The molecule has 0 aromatic heterocycles. The molecule has 1 atom stereocenters. The van der Waals surface area contributed by atoms with E-state index in [1.54, 1.807) is 7.11 Å².